The number of rotatable bonds is 0. The van der Waals surface area contributed by atoms with Crippen LogP contribution >= 0.6 is 0 Å². The predicted molar refractivity (Wildman–Crippen MR) is 76.9 cm³/mol. The molecule has 0 saturated heterocycles. The van der Waals surface area contributed by atoms with Crippen LogP contribution in [0.1, 0.15) is 37.7 Å². The van der Waals surface area contributed by atoms with Crippen molar-refractivity contribution in [2.75, 3.05) is 0 Å². The lowest BCUT2D eigenvalue weighted by atomic mass is 9.81. The fourth-order valence-corrected chi connectivity index (χ4v) is 2.62. The van der Waals surface area contributed by atoms with Gasteiger partial charge < -0.3 is 10.0 Å². The van der Waals surface area contributed by atoms with Gasteiger partial charge in [-0.2, -0.15) is 0 Å². The van der Waals surface area contributed by atoms with Crippen molar-refractivity contribution in [3.05, 3.63) is 35.9 Å². The summed E-state index contributed by atoms with van der Waals surface area (Å²) in [7, 11) is 0. The first kappa shape index (κ1) is 12.7. The van der Waals surface area contributed by atoms with Gasteiger partial charge in [0, 0.05) is 12.0 Å². The van der Waals surface area contributed by atoms with Gasteiger partial charge in [0.2, 0.25) is 0 Å². The first-order chi connectivity index (χ1) is 9.80. The summed E-state index contributed by atoms with van der Waals surface area (Å²) in [6, 6.07) is 9.86. The van der Waals surface area contributed by atoms with E-state index >= 15 is 0 Å². The van der Waals surface area contributed by atoms with Crippen molar-refractivity contribution in [2.45, 2.75) is 37.7 Å². The van der Waals surface area contributed by atoms with E-state index < -0.39 is 0 Å². The zero-order chi connectivity index (χ0) is 13.8. The molecule has 1 heterocycles. The monoisotopic (exact) mass is 268 g/mol. The molecular formula is C16H16N2O2. The minimum Gasteiger partial charge on any atom is -0.411 e. The Morgan fingerprint density at radius 2 is 1.90 bits per heavy atom. The molecule has 0 unspecified atom stereocenters. The molecule has 1 saturated carbocycles. The van der Waals surface area contributed by atoms with E-state index in [1.54, 1.807) is 0 Å². The lowest BCUT2D eigenvalue weighted by Gasteiger charge is -2.30. The Kier molecular flexibility index (Phi) is 3.42. The predicted octanol–water partition coefficient (Wildman–Crippen LogP) is 2.96. The third kappa shape index (κ3) is 2.67. The van der Waals surface area contributed by atoms with Gasteiger partial charge in [-0.3, -0.25) is 0 Å². The zero-order valence-electron chi connectivity index (χ0n) is 11.2. The SMILES string of the molecule is ON=C1CCC2(CC1)CC(C#Cc1ccccc1)=NO2. The van der Waals surface area contributed by atoms with Crippen molar-refractivity contribution in [3.63, 3.8) is 0 Å². The molecule has 4 nitrogen and oxygen atoms in total. The minimum atomic E-state index is -0.227. The van der Waals surface area contributed by atoms with Crippen molar-refractivity contribution in [1.82, 2.24) is 0 Å². The van der Waals surface area contributed by atoms with E-state index in [0.717, 1.165) is 49.1 Å². The van der Waals surface area contributed by atoms with Crippen LogP contribution < -0.4 is 0 Å². The van der Waals surface area contributed by atoms with Gasteiger partial charge in [0.15, 0.2) is 0 Å². The third-order valence-electron chi connectivity index (χ3n) is 3.84. The fraction of sp³-hybridized carbons (Fsp3) is 0.375. The molecule has 0 aromatic heterocycles. The van der Waals surface area contributed by atoms with Gasteiger partial charge in [0.05, 0.1) is 5.71 Å². The summed E-state index contributed by atoms with van der Waals surface area (Å²) in [5.41, 5.74) is 2.41. The molecule has 0 radical (unpaired) electrons. The quantitative estimate of drug-likeness (QED) is 0.447. The highest BCUT2D eigenvalue weighted by atomic mass is 16.7. The molecule has 4 heteroatoms. The number of oxime groups is 2. The highest BCUT2D eigenvalue weighted by molar-refractivity contribution is 6.02. The second-order valence-electron chi connectivity index (χ2n) is 5.27. The molecule has 0 bridgehead atoms. The summed E-state index contributed by atoms with van der Waals surface area (Å²) in [5.74, 6) is 6.19. The summed E-state index contributed by atoms with van der Waals surface area (Å²) in [5, 5.41) is 16.2. The summed E-state index contributed by atoms with van der Waals surface area (Å²) < 4.78 is 0. The molecule has 1 fully saturated rings. The third-order valence-corrected chi connectivity index (χ3v) is 3.84. The summed E-state index contributed by atoms with van der Waals surface area (Å²) in [4.78, 5) is 5.62. The van der Waals surface area contributed by atoms with Crippen molar-refractivity contribution in [1.29, 1.82) is 0 Å². The highest BCUT2D eigenvalue weighted by Gasteiger charge is 2.41. The lowest BCUT2D eigenvalue weighted by molar-refractivity contribution is -0.0334. The Balaban J connectivity index is 1.64. The van der Waals surface area contributed by atoms with E-state index in [2.05, 4.69) is 22.2 Å². The standard InChI is InChI=1S/C16H16N2O2/c19-17-14-8-10-16(11-9-14)12-15(18-20-16)7-6-13-4-2-1-3-5-13/h1-5,19H,8-12H2. The molecule has 20 heavy (non-hydrogen) atoms. The summed E-state index contributed by atoms with van der Waals surface area (Å²) >= 11 is 0. The van der Waals surface area contributed by atoms with E-state index in [0.29, 0.717) is 0 Å². The van der Waals surface area contributed by atoms with E-state index in [-0.39, 0.29) is 5.60 Å². The minimum absolute atomic E-state index is 0.227. The van der Waals surface area contributed by atoms with Crippen LogP contribution in [0.15, 0.2) is 40.6 Å². The first-order valence-corrected chi connectivity index (χ1v) is 6.82. The van der Waals surface area contributed by atoms with Gasteiger partial charge in [0.1, 0.15) is 11.3 Å². The molecule has 2 aliphatic rings. The van der Waals surface area contributed by atoms with Crippen LogP contribution in [0.25, 0.3) is 0 Å². The Labute approximate surface area is 118 Å². The zero-order valence-corrected chi connectivity index (χ0v) is 11.2. The van der Waals surface area contributed by atoms with Crippen LogP contribution in [0.5, 0.6) is 0 Å². The number of hydrogen-bond donors (Lipinski definition) is 1. The molecule has 1 aliphatic heterocycles. The Bertz CT molecular complexity index is 598. The van der Waals surface area contributed by atoms with E-state index in [1.165, 1.54) is 0 Å². The van der Waals surface area contributed by atoms with Crippen molar-refractivity contribution < 1.29 is 10.0 Å². The number of hydrogen-bond acceptors (Lipinski definition) is 4. The van der Waals surface area contributed by atoms with Crippen LogP contribution in [0.4, 0.5) is 0 Å². The maximum atomic E-state index is 8.78. The smallest absolute Gasteiger partial charge is 0.144 e. The number of benzene rings is 1. The van der Waals surface area contributed by atoms with Gasteiger partial charge in [0.25, 0.3) is 0 Å². The van der Waals surface area contributed by atoms with Gasteiger partial charge >= 0.3 is 0 Å². The molecule has 0 amide bonds. The molecule has 3 rings (SSSR count). The van der Waals surface area contributed by atoms with Crippen molar-refractivity contribution in [2.24, 2.45) is 10.3 Å². The van der Waals surface area contributed by atoms with E-state index in [9.17, 15) is 0 Å². The molecule has 1 spiro atoms. The van der Waals surface area contributed by atoms with Crippen LogP contribution in [0.2, 0.25) is 0 Å². The van der Waals surface area contributed by atoms with E-state index in [1.807, 2.05) is 30.3 Å². The van der Waals surface area contributed by atoms with Crippen LogP contribution in [-0.4, -0.2) is 22.2 Å². The lowest BCUT2D eigenvalue weighted by Crippen LogP contribution is -2.34. The molecule has 1 aromatic rings. The maximum Gasteiger partial charge on any atom is 0.144 e. The van der Waals surface area contributed by atoms with Gasteiger partial charge in [-0.05, 0) is 43.7 Å². The van der Waals surface area contributed by atoms with Gasteiger partial charge in [-0.15, -0.1) is 0 Å². The first-order valence-electron chi connectivity index (χ1n) is 6.82. The van der Waals surface area contributed by atoms with Gasteiger partial charge in [-0.1, -0.05) is 34.4 Å². The second-order valence-corrected chi connectivity index (χ2v) is 5.27. The van der Waals surface area contributed by atoms with Crippen molar-refractivity contribution >= 4 is 11.4 Å². The van der Waals surface area contributed by atoms with Crippen molar-refractivity contribution in [3.8, 4) is 11.8 Å². The fourth-order valence-electron chi connectivity index (χ4n) is 2.62. The number of nitrogens with zero attached hydrogens (tertiary/aromatic N) is 2. The molecule has 102 valence electrons. The van der Waals surface area contributed by atoms with Crippen LogP contribution in [-0.2, 0) is 4.84 Å². The maximum absolute atomic E-state index is 8.78. The second kappa shape index (κ2) is 5.38. The summed E-state index contributed by atoms with van der Waals surface area (Å²) in [6.45, 7) is 0. The molecule has 0 atom stereocenters. The van der Waals surface area contributed by atoms with Crippen LogP contribution in [0, 0.1) is 11.8 Å². The molecule has 1 aromatic carbocycles. The Hall–Kier alpha value is -2.28. The molecule has 1 aliphatic carbocycles. The molecule has 1 N–H and O–H groups in total. The van der Waals surface area contributed by atoms with Gasteiger partial charge in [-0.25, -0.2) is 0 Å². The van der Waals surface area contributed by atoms with E-state index in [4.69, 9.17) is 10.0 Å². The average Bonchev–Trinajstić information content (AvgIpc) is 2.90. The Morgan fingerprint density at radius 3 is 2.60 bits per heavy atom. The van der Waals surface area contributed by atoms with Crippen LogP contribution in [0.3, 0.4) is 0 Å². The Morgan fingerprint density at radius 1 is 1.15 bits per heavy atom. The topological polar surface area (TPSA) is 54.2 Å². The molecular weight excluding hydrogens is 252 g/mol. The average molecular weight is 268 g/mol. The highest BCUT2D eigenvalue weighted by Crippen LogP contribution is 2.37. The largest absolute Gasteiger partial charge is 0.411 e. The summed E-state index contributed by atoms with van der Waals surface area (Å²) in [6.07, 6.45) is 3.97. The normalized spacial score (nSPS) is 24.6.